The van der Waals surface area contributed by atoms with Gasteiger partial charge in [0.15, 0.2) is 0 Å². The molecule has 1 N–H and O–H groups in total. The normalized spacial score (nSPS) is 12.2. The summed E-state index contributed by atoms with van der Waals surface area (Å²) in [5, 5.41) is 8.03. The summed E-state index contributed by atoms with van der Waals surface area (Å²) in [6.07, 6.45) is 2.14. The number of methoxy groups -OCH3 is 1. The number of benzene rings is 1. The first-order chi connectivity index (χ1) is 10.0. The molecule has 2 rings (SSSR count). The Kier molecular flexibility index (Phi) is 4.89. The van der Waals surface area contributed by atoms with Crippen molar-refractivity contribution in [3.63, 3.8) is 0 Å². The van der Waals surface area contributed by atoms with Gasteiger partial charge in [0.2, 0.25) is 0 Å². The van der Waals surface area contributed by atoms with Gasteiger partial charge in [-0.1, -0.05) is 12.1 Å². The largest absolute Gasteiger partial charge is 0.497 e. The van der Waals surface area contributed by atoms with Crippen LogP contribution in [0.4, 0.5) is 5.69 Å². The summed E-state index contributed by atoms with van der Waals surface area (Å²) in [7, 11) is 3.68. The minimum atomic E-state index is 0.411. The van der Waals surface area contributed by atoms with Crippen LogP contribution < -0.4 is 10.1 Å². The molecule has 0 bridgehead atoms. The first-order valence-electron chi connectivity index (χ1n) is 7.41. The molecule has 1 heterocycles. The van der Waals surface area contributed by atoms with Crippen LogP contribution in [-0.2, 0) is 13.5 Å². The van der Waals surface area contributed by atoms with Gasteiger partial charge in [-0.3, -0.25) is 4.68 Å². The van der Waals surface area contributed by atoms with Gasteiger partial charge >= 0.3 is 0 Å². The molecule has 0 aliphatic heterocycles. The van der Waals surface area contributed by atoms with Crippen LogP contribution in [0, 0.1) is 13.8 Å². The van der Waals surface area contributed by atoms with E-state index >= 15 is 0 Å². The second kappa shape index (κ2) is 6.66. The Hall–Kier alpha value is -1.97. The SMILES string of the molecule is COc1ccc(CCC(C)Nc2c(C)nn(C)c2C)cc1. The molecule has 0 radical (unpaired) electrons. The van der Waals surface area contributed by atoms with Crippen LogP contribution in [0.2, 0.25) is 0 Å². The Bertz CT molecular complexity index is 587. The van der Waals surface area contributed by atoms with Crippen molar-refractivity contribution in [2.75, 3.05) is 12.4 Å². The summed E-state index contributed by atoms with van der Waals surface area (Å²) in [4.78, 5) is 0. The molecule has 0 spiro atoms. The maximum atomic E-state index is 5.18. The van der Waals surface area contributed by atoms with Gasteiger partial charge < -0.3 is 10.1 Å². The molecule has 1 aromatic heterocycles. The molecule has 1 aromatic carbocycles. The highest BCUT2D eigenvalue weighted by Crippen LogP contribution is 2.20. The zero-order valence-corrected chi connectivity index (χ0v) is 13.6. The number of nitrogens with one attached hydrogen (secondary N) is 1. The third kappa shape index (κ3) is 3.78. The zero-order valence-electron chi connectivity index (χ0n) is 13.6. The van der Waals surface area contributed by atoms with E-state index < -0.39 is 0 Å². The molecule has 0 aliphatic rings. The van der Waals surface area contributed by atoms with Crippen LogP contribution in [-0.4, -0.2) is 22.9 Å². The van der Waals surface area contributed by atoms with Crippen molar-refractivity contribution in [3.8, 4) is 5.75 Å². The maximum Gasteiger partial charge on any atom is 0.118 e. The Balaban J connectivity index is 1.90. The number of aromatic nitrogens is 2. The van der Waals surface area contributed by atoms with Gasteiger partial charge in [-0.25, -0.2) is 0 Å². The number of hydrogen-bond donors (Lipinski definition) is 1. The number of nitrogens with zero attached hydrogens (tertiary/aromatic N) is 2. The van der Waals surface area contributed by atoms with Gasteiger partial charge in [0.1, 0.15) is 5.75 Å². The van der Waals surface area contributed by atoms with E-state index in [0.717, 1.165) is 24.3 Å². The summed E-state index contributed by atoms with van der Waals surface area (Å²) in [6, 6.07) is 8.71. The Morgan fingerprint density at radius 2 is 1.90 bits per heavy atom. The van der Waals surface area contributed by atoms with E-state index in [2.05, 4.69) is 36.4 Å². The number of ether oxygens (including phenoxy) is 1. The van der Waals surface area contributed by atoms with E-state index in [0.29, 0.717) is 6.04 Å². The predicted octanol–water partition coefficient (Wildman–Crippen LogP) is 3.48. The van der Waals surface area contributed by atoms with Gasteiger partial charge in [-0.2, -0.15) is 5.10 Å². The fraction of sp³-hybridized carbons (Fsp3) is 0.471. The van der Waals surface area contributed by atoms with Gasteiger partial charge in [-0.15, -0.1) is 0 Å². The minimum absolute atomic E-state index is 0.411. The van der Waals surface area contributed by atoms with Crippen LogP contribution in [0.3, 0.4) is 0 Å². The van der Waals surface area contributed by atoms with E-state index in [-0.39, 0.29) is 0 Å². The molecule has 1 atom stereocenters. The summed E-state index contributed by atoms with van der Waals surface area (Å²) in [5.74, 6) is 0.909. The van der Waals surface area contributed by atoms with Crippen LogP contribution in [0.5, 0.6) is 5.75 Å². The van der Waals surface area contributed by atoms with Crippen molar-refractivity contribution >= 4 is 5.69 Å². The fourth-order valence-electron chi connectivity index (χ4n) is 2.48. The summed E-state index contributed by atoms with van der Waals surface area (Å²) in [5.41, 5.74) is 4.75. The highest BCUT2D eigenvalue weighted by atomic mass is 16.5. The number of hydrogen-bond acceptors (Lipinski definition) is 3. The molecule has 21 heavy (non-hydrogen) atoms. The lowest BCUT2D eigenvalue weighted by atomic mass is 10.1. The highest BCUT2D eigenvalue weighted by Gasteiger charge is 2.11. The summed E-state index contributed by atoms with van der Waals surface area (Å²) in [6.45, 7) is 6.36. The first-order valence-corrected chi connectivity index (χ1v) is 7.41. The third-order valence-corrected chi connectivity index (χ3v) is 3.92. The molecule has 1 unspecified atom stereocenters. The van der Waals surface area contributed by atoms with E-state index in [1.807, 2.05) is 30.8 Å². The molecule has 0 fully saturated rings. The average molecular weight is 287 g/mol. The fourth-order valence-corrected chi connectivity index (χ4v) is 2.48. The van der Waals surface area contributed by atoms with Crippen molar-refractivity contribution in [1.29, 1.82) is 0 Å². The number of anilines is 1. The van der Waals surface area contributed by atoms with Crippen molar-refractivity contribution in [1.82, 2.24) is 9.78 Å². The molecule has 0 amide bonds. The smallest absolute Gasteiger partial charge is 0.118 e. The van der Waals surface area contributed by atoms with Crippen molar-refractivity contribution in [3.05, 3.63) is 41.2 Å². The van der Waals surface area contributed by atoms with Crippen molar-refractivity contribution in [2.24, 2.45) is 7.05 Å². The van der Waals surface area contributed by atoms with Crippen molar-refractivity contribution in [2.45, 2.75) is 39.7 Å². The maximum absolute atomic E-state index is 5.18. The standard InChI is InChI=1S/C17H25N3O/c1-12(18-17-13(2)19-20(4)14(17)3)6-7-15-8-10-16(21-5)11-9-15/h8-12,18H,6-7H2,1-5H3. The Morgan fingerprint density at radius 3 is 2.43 bits per heavy atom. The second-order valence-electron chi connectivity index (χ2n) is 5.60. The average Bonchev–Trinajstić information content (AvgIpc) is 2.72. The van der Waals surface area contributed by atoms with Crippen LogP contribution >= 0.6 is 0 Å². The molecule has 4 heteroatoms. The van der Waals surface area contributed by atoms with Crippen LogP contribution in [0.15, 0.2) is 24.3 Å². The van der Waals surface area contributed by atoms with Gasteiger partial charge in [0.25, 0.3) is 0 Å². The van der Waals surface area contributed by atoms with Gasteiger partial charge in [0.05, 0.1) is 24.2 Å². The van der Waals surface area contributed by atoms with E-state index in [1.54, 1.807) is 7.11 Å². The van der Waals surface area contributed by atoms with E-state index in [1.165, 1.54) is 16.9 Å². The van der Waals surface area contributed by atoms with Gasteiger partial charge in [0, 0.05) is 13.1 Å². The minimum Gasteiger partial charge on any atom is -0.497 e. The molecule has 0 saturated carbocycles. The molecule has 0 aliphatic carbocycles. The van der Waals surface area contributed by atoms with Crippen LogP contribution in [0.25, 0.3) is 0 Å². The molecular formula is C17H25N3O. The predicted molar refractivity (Wildman–Crippen MR) is 87.1 cm³/mol. The molecule has 114 valence electrons. The Labute approximate surface area is 127 Å². The monoisotopic (exact) mass is 287 g/mol. The third-order valence-electron chi connectivity index (χ3n) is 3.92. The van der Waals surface area contributed by atoms with E-state index in [4.69, 9.17) is 4.74 Å². The molecule has 4 nitrogen and oxygen atoms in total. The molecule has 2 aromatic rings. The lowest BCUT2D eigenvalue weighted by Crippen LogP contribution is -2.17. The van der Waals surface area contributed by atoms with E-state index in [9.17, 15) is 0 Å². The first kappa shape index (κ1) is 15.4. The molecule has 0 saturated heterocycles. The van der Waals surface area contributed by atoms with Crippen LogP contribution in [0.1, 0.15) is 30.3 Å². The lowest BCUT2D eigenvalue weighted by Gasteiger charge is -2.15. The Morgan fingerprint density at radius 1 is 1.24 bits per heavy atom. The topological polar surface area (TPSA) is 39.1 Å². The number of aryl methyl sites for hydroxylation is 3. The second-order valence-corrected chi connectivity index (χ2v) is 5.60. The van der Waals surface area contributed by atoms with Gasteiger partial charge in [-0.05, 0) is 51.3 Å². The lowest BCUT2D eigenvalue weighted by molar-refractivity contribution is 0.414. The molecular weight excluding hydrogens is 262 g/mol. The zero-order chi connectivity index (χ0) is 15.4. The number of rotatable bonds is 6. The quantitative estimate of drug-likeness (QED) is 0.884. The summed E-state index contributed by atoms with van der Waals surface area (Å²) < 4.78 is 7.11. The van der Waals surface area contributed by atoms with Crippen molar-refractivity contribution < 1.29 is 4.74 Å². The summed E-state index contributed by atoms with van der Waals surface area (Å²) >= 11 is 0. The highest BCUT2D eigenvalue weighted by molar-refractivity contribution is 5.52.